The lowest BCUT2D eigenvalue weighted by Crippen LogP contribution is -2.46. The van der Waals surface area contributed by atoms with Crippen LogP contribution < -0.4 is 10.6 Å². The Bertz CT molecular complexity index is 416. The summed E-state index contributed by atoms with van der Waals surface area (Å²) in [5.74, 6) is 0.0663. The van der Waals surface area contributed by atoms with E-state index in [1.54, 1.807) is 18.5 Å². The topological polar surface area (TPSA) is 54.0 Å². The number of nitrogens with zero attached hydrogens (tertiary/aromatic N) is 1. The van der Waals surface area contributed by atoms with Crippen molar-refractivity contribution < 1.29 is 4.79 Å². The number of piperidine rings is 1. The number of halogens is 1. The molecule has 1 unspecified atom stereocenters. The largest absolute Gasteiger partial charge is 0.324 e. The van der Waals surface area contributed by atoms with Gasteiger partial charge in [-0.05, 0) is 48.3 Å². The van der Waals surface area contributed by atoms with Crippen LogP contribution in [-0.2, 0) is 4.79 Å². The monoisotopic (exact) mass is 297 g/mol. The maximum absolute atomic E-state index is 12.2. The van der Waals surface area contributed by atoms with Gasteiger partial charge in [-0.2, -0.15) is 0 Å². The lowest BCUT2D eigenvalue weighted by atomic mass is 9.82. The second-order valence-corrected chi connectivity index (χ2v) is 5.50. The van der Waals surface area contributed by atoms with E-state index in [9.17, 15) is 4.79 Å². The molecule has 1 amide bonds. The van der Waals surface area contributed by atoms with Gasteiger partial charge in [-0.1, -0.05) is 0 Å². The molecule has 0 radical (unpaired) electrons. The van der Waals surface area contributed by atoms with Crippen LogP contribution in [0.15, 0.2) is 22.9 Å². The molecule has 1 aromatic rings. The average molecular weight is 298 g/mol. The number of hydrogen-bond donors (Lipinski definition) is 2. The first-order chi connectivity index (χ1) is 8.12. The van der Waals surface area contributed by atoms with Crippen molar-refractivity contribution in [1.29, 1.82) is 0 Å². The van der Waals surface area contributed by atoms with Crippen LogP contribution in [0.25, 0.3) is 0 Å². The van der Waals surface area contributed by atoms with Crippen molar-refractivity contribution in [3.63, 3.8) is 0 Å². The van der Waals surface area contributed by atoms with Crippen LogP contribution in [0.5, 0.6) is 0 Å². The van der Waals surface area contributed by atoms with Crippen molar-refractivity contribution in [2.45, 2.75) is 19.8 Å². The number of amides is 1. The molecule has 1 atom stereocenters. The molecule has 4 nitrogen and oxygen atoms in total. The van der Waals surface area contributed by atoms with Crippen molar-refractivity contribution in [1.82, 2.24) is 10.3 Å². The van der Waals surface area contributed by atoms with Crippen LogP contribution >= 0.6 is 15.9 Å². The fourth-order valence-electron chi connectivity index (χ4n) is 2.00. The highest BCUT2D eigenvalue weighted by Crippen LogP contribution is 2.28. The normalized spacial score (nSPS) is 24.4. The number of rotatable bonds is 2. The van der Waals surface area contributed by atoms with Gasteiger partial charge in [0.05, 0.1) is 15.6 Å². The number of nitrogens with one attached hydrogen (secondary N) is 2. The van der Waals surface area contributed by atoms with E-state index in [0.29, 0.717) is 0 Å². The third kappa shape index (κ3) is 2.84. The molecular weight excluding hydrogens is 282 g/mol. The predicted molar refractivity (Wildman–Crippen MR) is 70.8 cm³/mol. The standard InChI is InChI=1S/C12H16BrN3O/c1-12(4-2-5-15-8-12)11(17)16-10-3-6-14-7-9(10)13/h3,6-7,15H,2,4-5,8H2,1H3,(H,14,16,17). The van der Waals surface area contributed by atoms with Crippen LogP contribution in [0.2, 0.25) is 0 Å². The highest BCUT2D eigenvalue weighted by atomic mass is 79.9. The van der Waals surface area contributed by atoms with Crippen LogP contribution in [-0.4, -0.2) is 24.0 Å². The lowest BCUT2D eigenvalue weighted by molar-refractivity contribution is -0.125. The van der Waals surface area contributed by atoms with E-state index in [1.807, 2.05) is 6.92 Å². The number of carbonyl (C=O) groups is 1. The number of hydrogen-bond acceptors (Lipinski definition) is 3. The Morgan fingerprint density at radius 2 is 2.47 bits per heavy atom. The molecule has 17 heavy (non-hydrogen) atoms. The van der Waals surface area contributed by atoms with E-state index in [-0.39, 0.29) is 11.3 Å². The number of anilines is 1. The molecule has 2 N–H and O–H groups in total. The zero-order chi connectivity index (χ0) is 12.3. The third-order valence-electron chi connectivity index (χ3n) is 3.17. The van der Waals surface area contributed by atoms with Gasteiger partial charge in [-0.25, -0.2) is 0 Å². The molecule has 1 saturated heterocycles. The molecule has 1 aliphatic heterocycles. The SMILES string of the molecule is CC1(C(=O)Nc2ccncc2Br)CCCNC1. The molecule has 2 heterocycles. The maximum Gasteiger partial charge on any atom is 0.231 e. The molecule has 0 aliphatic carbocycles. The summed E-state index contributed by atoms with van der Waals surface area (Å²) < 4.78 is 0.806. The van der Waals surface area contributed by atoms with Crippen molar-refractivity contribution >= 4 is 27.5 Å². The Morgan fingerprint density at radius 3 is 3.12 bits per heavy atom. The van der Waals surface area contributed by atoms with E-state index < -0.39 is 0 Å². The van der Waals surface area contributed by atoms with Crippen molar-refractivity contribution in [3.8, 4) is 0 Å². The van der Waals surface area contributed by atoms with Gasteiger partial charge in [0.2, 0.25) is 5.91 Å². The van der Waals surface area contributed by atoms with Crippen LogP contribution in [0.1, 0.15) is 19.8 Å². The molecule has 1 aromatic heterocycles. The highest BCUT2D eigenvalue weighted by molar-refractivity contribution is 9.10. The first-order valence-corrected chi connectivity index (χ1v) is 6.53. The molecule has 92 valence electrons. The zero-order valence-corrected chi connectivity index (χ0v) is 11.4. The van der Waals surface area contributed by atoms with Gasteiger partial charge < -0.3 is 10.6 Å². The van der Waals surface area contributed by atoms with Gasteiger partial charge in [0, 0.05) is 18.9 Å². The summed E-state index contributed by atoms with van der Waals surface area (Å²) in [6.45, 7) is 3.74. The van der Waals surface area contributed by atoms with Crippen LogP contribution in [0, 0.1) is 5.41 Å². The number of aromatic nitrogens is 1. The van der Waals surface area contributed by atoms with Gasteiger partial charge in [-0.3, -0.25) is 9.78 Å². The van der Waals surface area contributed by atoms with Crippen molar-refractivity contribution in [2.24, 2.45) is 5.41 Å². The molecule has 0 aromatic carbocycles. The van der Waals surface area contributed by atoms with E-state index in [4.69, 9.17) is 0 Å². The Kier molecular flexibility index (Phi) is 3.79. The molecular formula is C12H16BrN3O. The van der Waals surface area contributed by atoms with E-state index >= 15 is 0 Å². The molecule has 0 bridgehead atoms. The molecule has 0 spiro atoms. The average Bonchev–Trinajstić information content (AvgIpc) is 2.33. The van der Waals surface area contributed by atoms with E-state index in [1.165, 1.54) is 0 Å². The fourth-order valence-corrected chi connectivity index (χ4v) is 2.35. The minimum atomic E-state index is -0.318. The quantitative estimate of drug-likeness (QED) is 0.880. The van der Waals surface area contributed by atoms with E-state index in [2.05, 4.69) is 31.5 Å². The predicted octanol–water partition coefficient (Wildman–Crippen LogP) is 2.17. The third-order valence-corrected chi connectivity index (χ3v) is 3.80. The maximum atomic E-state index is 12.2. The van der Waals surface area contributed by atoms with Gasteiger partial charge in [0.1, 0.15) is 0 Å². The minimum absolute atomic E-state index is 0.0663. The zero-order valence-electron chi connectivity index (χ0n) is 9.79. The second-order valence-electron chi connectivity index (χ2n) is 4.65. The Balaban J connectivity index is 2.08. The number of pyridine rings is 1. The summed E-state index contributed by atoms with van der Waals surface area (Å²) in [6, 6.07) is 1.79. The Morgan fingerprint density at radius 1 is 1.65 bits per heavy atom. The molecule has 0 saturated carbocycles. The van der Waals surface area contributed by atoms with Crippen molar-refractivity contribution in [3.05, 3.63) is 22.9 Å². The first-order valence-electron chi connectivity index (χ1n) is 5.73. The smallest absolute Gasteiger partial charge is 0.231 e. The van der Waals surface area contributed by atoms with Crippen LogP contribution in [0.3, 0.4) is 0 Å². The summed E-state index contributed by atoms with van der Waals surface area (Å²) in [4.78, 5) is 16.2. The lowest BCUT2D eigenvalue weighted by Gasteiger charge is -2.32. The summed E-state index contributed by atoms with van der Waals surface area (Å²) in [6.07, 6.45) is 5.31. The van der Waals surface area contributed by atoms with E-state index in [0.717, 1.165) is 36.1 Å². The highest BCUT2D eigenvalue weighted by Gasteiger charge is 2.34. The van der Waals surface area contributed by atoms with Crippen LogP contribution in [0.4, 0.5) is 5.69 Å². The molecule has 1 aliphatic rings. The fraction of sp³-hybridized carbons (Fsp3) is 0.500. The van der Waals surface area contributed by atoms with Gasteiger partial charge in [0.15, 0.2) is 0 Å². The summed E-state index contributed by atoms with van der Waals surface area (Å²) in [5.41, 5.74) is 0.456. The summed E-state index contributed by atoms with van der Waals surface area (Å²) in [5, 5.41) is 6.23. The summed E-state index contributed by atoms with van der Waals surface area (Å²) >= 11 is 3.37. The molecule has 2 rings (SSSR count). The first kappa shape index (κ1) is 12.5. The minimum Gasteiger partial charge on any atom is -0.324 e. The number of carbonyl (C=O) groups excluding carboxylic acids is 1. The molecule has 5 heteroatoms. The Hall–Kier alpha value is -0.940. The second kappa shape index (κ2) is 5.14. The van der Waals surface area contributed by atoms with Gasteiger partial charge in [0.25, 0.3) is 0 Å². The van der Waals surface area contributed by atoms with Crippen molar-refractivity contribution in [2.75, 3.05) is 18.4 Å². The van der Waals surface area contributed by atoms with Gasteiger partial charge in [-0.15, -0.1) is 0 Å². The Labute approximate surface area is 109 Å². The summed E-state index contributed by atoms with van der Waals surface area (Å²) in [7, 11) is 0. The molecule has 1 fully saturated rings. The van der Waals surface area contributed by atoms with Gasteiger partial charge >= 0.3 is 0 Å².